The van der Waals surface area contributed by atoms with Crippen LogP contribution >= 0.6 is 12.2 Å². The standard InChI is InChI=1S/C13H7F3N2S/c14-13(15,16)11-6-9(8-4-2-1-3-5-8)10(7-17)12(19)18-11/h1-5H,6H2. The summed E-state index contributed by atoms with van der Waals surface area (Å²) < 4.78 is 38.2. The number of thiocarbonyl (C=S) groups is 1. The van der Waals surface area contributed by atoms with Crippen molar-refractivity contribution in [3.05, 3.63) is 41.5 Å². The van der Waals surface area contributed by atoms with Gasteiger partial charge in [0, 0.05) is 6.42 Å². The summed E-state index contributed by atoms with van der Waals surface area (Å²) in [7, 11) is 0. The lowest BCUT2D eigenvalue weighted by atomic mass is 9.93. The first-order valence-electron chi connectivity index (χ1n) is 5.31. The Morgan fingerprint density at radius 2 is 1.84 bits per heavy atom. The van der Waals surface area contributed by atoms with Gasteiger partial charge in [0.1, 0.15) is 16.8 Å². The molecule has 0 saturated heterocycles. The van der Waals surface area contributed by atoms with Crippen LogP contribution in [0.25, 0.3) is 5.57 Å². The van der Waals surface area contributed by atoms with Crippen LogP contribution in [0.4, 0.5) is 13.2 Å². The lowest BCUT2D eigenvalue weighted by Gasteiger charge is -2.19. The maximum atomic E-state index is 12.7. The fourth-order valence-electron chi connectivity index (χ4n) is 1.77. The van der Waals surface area contributed by atoms with Gasteiger partial charge in [-0.2, -0.15) is 18.4 Å². The lowest BCUT2D eigenvalue weighted by Crippen LogP contribution is -2.27. The molecular formula is C13H7F3N2S. The minimum absolute atomic E-state index is 0.0363. The first-order chi connectivity index (χ1) is 8.93. The summed E-state index contributed by atoms with van der Waals surface area (Å²) in [6.45, 7) is 0. The molecule has 2 rings (SSSR count). The van der Waals surface area contributed by atoms with Crippen LogP contribution in [0.1, 0.15) is 12.0 Å². The van der Waals surface area contributed by atoms with Crippen LogP contribution in [0.5, 0.6) is 0 Å². The summed E-state index contributed by atoms with van der Waals surface area (Å²) in [6, 6.07) is 10.3. The van der Waals surface area contributed by atoms with E-state index >= 15 is 0 Å². The summed E-state index contributed by atoms with van der Waals surface area (Å²) in [5, 5.41) is 9.04. The number of hydrogen-bond donors (Lipinski definition) is 0. The van der Waals surface area contributed by atoms with Gasteiger partial charge in [-0.3, -0.25) is 0 Å². The van der Waals surface area contributed by atoms with E-state index in [4.69, 9.17) is 17.5 Å². The lowest BCUT2D eigenvalue weighted by molar-refractivity contribution is -0.0597. The molecule has 0 unspecified atom stereocenters. The molecule has 0 radical (unpaired) electrons. The largest absolute Gasteiger partial charge is 0.429 e. The van der Waals surface area contributed by atoms with Crippen LogP contribution in [-0.2, 0) is 0 Å². The van der Waals surface area contributed by atoms with E-state index in [1.54, 1.807) is 30.3 Å². The van der Waals surface area contributed by atoms with Crippen molar-refractivity contribution in [2.75, 3.05) is 0 Å². The summed E-state index contributed by atoms with van der Waals surface area (Å²) >= 11 is 4.78. The quantitative estimate of drug-likeness (QED) is 0.735. The van der Waals surface area contributed by atoms with Crippen molar-refractivity contribution in [2.45, 2.75) is 12.6 Å². The minimum atomic E-state index is -4.54. The Morgan fingerprint density at radius 1 is 1.21 bits per heavy atom. The molecule has 0 aliphatic carbocycles. The van der Waals surface area contributed by atoms with Crippen LogP contribution in [-0.4, -0.2) is 16.9 Å². The highest BCUT2D eigenvalue weighted by atomic mass is 32.1. The van der Waals surface area contributed by atoms with E-state index in [1.165, 1.54) is 0 Å². The molecule has 1 heterocycles. The highest BCUT2D eigenvalue weighted by Gasteiger charge is 2.39. The second-order valence-corrected chi connectivity index (χ2v) is 4.26. The van der Waals surface area contributed by atoms with E-state index in [2.05, 4.69) is 4.99 Å². The molecule has 2 nitrogen and oxygen atoms in total. The Bertz CT molecular complexity index is 622. The third kappa shape index (κ3) is 2.71. The predicted molar refractivity (Wildman–Crippen MR) is 69.7 cm³/mol. The van der Waals surface area contributed by atoms with Crippen molar-refractivity contribution in [3.63, 3.8) is 0 Å². The van der Waals surface area contributed by atoms with E-state index in [9.17, 15) is 13.2 Å². The first kappa shape index (κ1) is 13.4. The molecule has 0 fully saturated rings. The number of aliphatic imine (C=N–C) groups is 1. The SMILES string of the molecule is N#CC1=C(c2ccccc2)CC(C(F)(F)F)=NC1=S. The molecule has 0 aromatic heterocycles. The average molecular weight is 280 g/mol. The molecule has 0 amide bonds. The van der Waals surface area contributed by atoms with Crippen molar-refractivity contribution in [1.82, 2.24) is 0 Å². The third-order valence-corrected chi connectivity index (χ3v) is 2.95. The molecule has 0 atom stereocenters. The molecule has 0 spiro atoms. The van der Waals surface area contributed by atoms with Crippen molar-refractivity contribution in [3.8, 4) is 6.07 Å². The van der Waals surface area contributed by atoms with Gasteiger partial charge in [-0.05, 0) is 11.1 Å². The van der Waals surface area contributed by atoms with E-state index in [0.717, 1.165) is 0 Å². The van der Waals surface area contributed by atoms with E-state index < -0.39 is 18.3 Å². The molecule has 1 aliphatic heterocycles. The van der Waals surface area contributed by atoms with Crippen LogP contribution in [0.2, 0.25) is 0 Å². The fraction of sp³-hybridized carbons (Fsp3) is 0.154. The average Bonchev–Trinajstić information content (AvgIpc) is 2.37. The number of hydrogen-bond acceptors (Lipinski definition) is 2. The van der Waals surface area contributed by atoms with E-state index in [1.807, 2.05) is 6.07 Å². The molecule has 6 heteroatoms. The molecule has 1 aliphatic rings. The van der Waals surface area contributed by atoms with Crippen molar-refractivity contribution in [2.24, 2.45) is 4.99 Å². The van der Waals surface area contributed by atoms with Crippen molar-refractivity contribution >= 4 is 28.5 Å². The Morgan fingerprint density at radius 3 is 2.37 bits per heavy atom. The van der Waals surface area contributed by atoms with Gasteiger partial charge in [0.05, 0.1) is 5.57 Å². The Kier molecular flexibility index (Phi) is 3.49. The highest BCUT2D eigenvalue weighted by molar-refractivity contribution is 7.80. The number of rotatable bonds is 1. The minimum Gasteiger partial charge on any atom is -0.235 e. The summed E-state index contributed by atoms with van der Waals surface area (Å²) in [5.41, 5.74) is -0.0990. The zero-order valence-corrected chi connectivity index (χ0v) is 10.3. The fourth-order valence-corrected chi connectivity index (χ4v) is 2.05. The van der Waals surface area contributed by atoms with Gasteiger partial charge in [0.25, 0.3) is 0 Å². The van der Waals surface area contributed by atoms with Crippen LogP contribution in [0.15, 0.2) is 40.9 Å². The topological polar surface area (TPSA) is 36.1 Å². The Balaban J connectivity index is 2.52. The zero-order chi connectivity index (χ0) is 14.0. The normalized spacial score (nSPS) is 16.1. The van der Waals surface area contributed by atoms with Crippen LogP contribution < -0.4 is 0 Å². The maximum absolute atomic E-state index is 12.7. The Labute approximate surface area is 112 Å². The third-order valence-electron chi connectivity index (χ3n) is 2.66. The number of dihydropyridines is 1. The molecule has 0 saturated carbocycles. The number of nitrogens with zero attached hydrogens (tertiary/aromatic N) is 2. The molecule has 0 bridgehead atoms. The van der Waals surface area contributed by atoms with Gasteiger partial charge in [-0.1, -0.05) is 42.5 Å². The van der Waals surface area contributed by atoms with Crippen molar-refractivity contribution in [1.29, 1.82) is 5.26 Å². The smallest absolute Gasteiger partial charge is 0.235 e. The van der Waals surface area contributed by atoms with Crippen LogP contribution in [0.3, 0.4) is 0 Å². The number of allylic oxidation sites excluding steroid dienone is 1. The predicted octanol–water partition coefficient (Wildman–Crippen LogP) is 3.70. The monoisotopic (exact) mass is 280 g/mol. The summed E-state index contributed by atoms with van der Waals surface area (Å²) in [6.07, 6.45) is -4.97. The van der Waals surface area contributed by atoms with Crippen molar-refractivity contribution < 1.29 is 13.2 Å². The molecule has 1 aromatic carbocycles. The van der Waals surface area contributed by atoms with Gasteiger partial charge in [0.2, 0.25) is 0 Å². The highest BCUT2D eigenvalue weighted by Crippen LogP contribution is 2.33. The maximum Gasteiger partial charge on any atom is 0.429 e. The Hall–Kier alpha value is -2.00. The molecular weight excluding hydrogens is 273 g/mol. The molecule has 96 valence electrons. The van der Waals surface area contributed by atoms with Gasteiger partial charge in [-0.25, -0.2) is 4.99 Å². The molecule has 0 N–H and O–H groups in total. The van der Waals surface area contributed by atoms with Gasteiger partial charge in [0.15, 0.2) is 0 Å². The molecule has 19 heavy (non-hydrogen) atoms. The summed E-state index contributed by atoms with van der Waals surface area (Å²) in [4.78, 5) is 3.02. The second kappa shape index (κ2) is 4.94. The number of benzene rings is 1. The van der Waals surface area contributed by atoms with E-state index in [-0.39, 0.29) is 16.1 Å². The summed E-state index contributed by atoms with van der Waals surface area (Å²) in [5.74, 6) is 0. The number of nitriles is 1. The van der Waals surface area contributed by atoms with Crippen LogP contribution in [0, 0.1) is 11.3 Å². The van der Waals surface area contributed by atoms with Gasteiger partial charge in [-0.15, -0.1) is 0 Å². The zero-order valence-electron chi connectivity index (χ0n) is 9.53. The van der Waals surface area contributed by atoms with Gasteiger partial charge >= 0.3 is 6.18 Å². The second-order valence-electron chi connectivity index (χ2n) is 3.87. The first-order valence-corrected chi connectivity index (χ1v) is 5.72. The van der Waals surface area contributed by atoms with Gasteiger partial charge < -0.3 is 0 Å². The number of alkyl halides is 3. The van der Waals surface area contributed by atoms with E-state index in [0.29, 0.717) is 5.56 Å². The number of halogens is 3. The molecule has 1 aromatic rings.